The summed E-state index contributed by atoms with van der Waals surface area (Å²) < 4.78 is 25.8. The third-order valence-corrected chi connectivity index (χ3v) is 11.8. The number of hydrogen-bond acceptors (Lipinski definition) is 5. The molecule has 6 heteroatoms. The van der Waals surface area contributed by atoms with E-state index in [-0.39, 0.29) is 39.8 Å². The zero-order valence-corrected chi connectivity index (χ0v) is 29.4. The summed E-state index contributed by atoms with van der Waals surface area (Å²) in [6.07, 6.45) is 7.82. The molecule has 8 unspecified atom stereocenters. The van der Waals surface area contributed by atoms with Crippen molar-refractivity contribution in [2.45, 2.75) is 134 Å². The van der Waals surface area contributed by atoms with Crippen molar-refractivity contribution in [3.05, 3.63) is 12.7 Å². The van der Waals surface area contributed by atoms with Crippen molar-refractivity contribution in [2.75, 3.05) is 13.2 Å². The minimum atomic E-state index is -1.48. The molecule has 0 N–H and O–H groups in total. The minimum absolute atomic E-state index is 0.129. The summed E-state index contributed by atoms with van der Waals surface area (Å²) >= 11 is 0. The Balaban J connectivity index is 1.95. The Morgan fingerprint density at radius 2 is 1.12 bits per heavy atom. The van der Waals surface area contributed by atoms with Crippen LogP contribution in [0.5, 0.6) is 0 Å². The molecule has 1 aliphatic heterocycles. The fraction of sp³-hybridized carbons (Fsp3) is 0.914. The molecule has 238 valence electrons. The predicted octanol–water partition coefficient (Wildman–Crippen LogP) is 9.99. The summed E-state index contributed by atoms with van der Waals surface area (Å²) in [5.74, 6) is 2.76. The van der Waals surface area contributed by atoms with E-state index in [1.165, 1.54) is 31.8 Å². The molecule has 1 heterocycles. The highest BCUT2D eigenvalue weighted by Gasteiger charge is 2.57. The molecule has 2 aliphatic carbocycles. The second-order valence-electron chi connectivity index (χ2n) is 17.6. The molecular formula is C35H63O5P. The monoisotopic (exact) mass is 594 g/mol. The van der Waals surface area contributed by atoms with Crippen LogP contribution < -0.4 is 0 Å². The summed E-state index contributed by atoms with van der Waals surface area (Å²) in [7, 11) is -1.48. The quantitative estimate of drug-likeness (QED) is 0.127. The second-order valence-corrected chi connectivity index (χ2v) is 18.7. The van der Waals surface area contributed by atoms with Crippen LogP contribution >= 0.6 is 8.60 Å². The van der Waals surface area contributed by atoms with E-state index in [2.05, 4.69) is 89.7 Å². The Morgan fingerprint density at radius 3 is 1.49 bits per heavy atom. The lowest BCUT2D eigenvalue weighted by Gasteiger charge is -2.55. The average molecular weight is 595 g/mol. The number of carbonyl (C=O) groups excluding carboxylic acids is 1. The minimum Gasteiger partial charge on any atom is -0.463 e. The van der Waals surface area contributed by atoms with Crippen LogP contribution in [0.1, 0.15) is 122 Å². The summed E-state index contributed by atoms with van der Waals surface area (Å²) in [4.78, 5) is 11.4. The lowest BCUT2D eigenvalue weighted by atomic mass is 9.52. The number of hydrogen-bond donors (Lipinski definition) is 0. The Hall–Kier alpha value is -0.480. The maximum absolute atomic E-state index is 11.4. The number of fused-ring (bicyclic) bond motifs is 3. The van der Waals surface area contributed by atoms with Gasteiger partial charge in [0.1, 0.15) is 0 Å². The Bertz CT molecular complexity index is 817. The molecule has 3 rings (SSSR count). The third kappa shape index (κ3) is 9.02. The normalized spacial score (nSPS) is 35.2. The van der Waals surface area contributed by atoms with Gasteiger partial charge < -0.3 is 18.3 Å². The van der Waals surface area contributed by atoms with Gasteiger partial charge in [0.15, 0.2) is 0 Å². The van der Waals surface area contributed by atoms with Gasteiger partial charge in [-0.05, 0) is 95.7 Å². The lowest BCUT2D eigenvalue weighted by molar-refractivity contribution is -0.137. The highest BCUT2D eigenvalue weighted by molar-refractivity contribution is 7.41. The van der Waals surface area contributed by atoms with Crippen molar-refractivity contribution >= 4 is 14.6 Å². The van der Waals surface area contributed by atoms with Crippen molar-refractivity contribution in [2.24, 2.45) is 57.2 Å². The van der Waals surface area contributed by atoms with Crippen molar-refractivity contribution in [1.82, 2.24) is 0 Å². The van der Waals surface area contributed by atoms with Gasteiger partial charge in [0, 0.05) is 6.08 Å². The van der Waals surface area contributed by atoms with E-state index in [0.29, 0.717) is 48.7 Å². The van der Waals surface area contributed by atoms with Crippen LogP contribution in [0.4, 0.5) is 0 Å². The fourth-order valence-electron chi connectivity index (χ4n) is 7.70. The van der Waals surface area contributed by atoms with Gasteiger partial charge >= 0.3 is 14.6 Å². The number of unbranched alkanes of at least 4 members (excludes halogenated alkanes) is 1. The topological polar surface area (TPSA) is 54.0 Å². The van der Waals surface area contributed by atoms with E-state index in [9.17, 15) is 4.79 Å². The molecule has 41 heavy (non-hydrogen) atoms. The molecule has 0 aromatic rings. The van der Waals surface area contributed by atoms with Gasteiger partial charge in [-0.3, -0.25) is 0 Å². The van der Waals surface area contributed by atoms with E-state index in [1.807, 2.05) is 0 Å². The maximum Gasteiger partial charge on any atom is 0.333 e. The van der Waals surface area contributed by atoms with Gasteiger partial charge in [-0.2, -0.15) is 0 Å². The highest BCUT2D eigenvalue weighted by Crippen LogP contribution is 2.63. The molecule has 2 saturated carbocycles. The maximum atomic E-state index is 11.4. The average Bonchev–Trinajstić information content (AvgIpc) is 2.98. The first-order valence-corrected chi connectivity index (χ1v) is 17.4. The lowest BCUT2D eigenvalue weighted by Crippen LogP contribution is -2.54. The van der Waals surface area contributed by atoms with Gasteiger partial charge in [0.05, 0.1) is 25.4 Å². The van der Waals surface area contributed by atoms with E-state index >= 15 is 0 Å². The molecule has 0 spiro atoms. The number of carbonyl (C=O) groups is 1. The van der Waals surface area contributed by atoms with Gasteiger partial charge in [0.25, 0.3) is 0 Å². The van der Waals surface area contributed by atoms with Crippen molar-refractivity contribution in [3.63, 3.8) is 0 Å². The molecule has 8 atom stereocenters. The van der Waals surface area contributed by atoms with Gasteiger partial charge in [-0.15, -0.1) is 0 Å². The highest BCUT2D eigenvalue weighted by atomic mass is 31.2. The second kappa shape index (κ2) is 13.3. The largest absolute Gasteiger partial charge is 0.463 e. The van der Waals surface area contributed by atoms with Gasteiger partial charge in [0.2, 0.25) is 0 Å². The summed E-state index contributed by atoms with van der Waals surface area (Å²) in [5, 5.41) is 0. The first-order valence-electron chi connectivity index (χ1n) is 16.3. The molecule has 0 aromatic heterocycles. The van der Waals surface area contributed by atoms with Crippen molar-refractivity contribution < 1.29 is 23.1 Å². The molecule has 3 aliphatic rings. The summed E-state index contributed by atoms with van der Waals surface area (Å²) in [6, 6.07) is 0. The molecule has 0 amide bonds. The van der Waals surface area contributed by atoms with E-state index in [0.717, 1.165) is 12.8 Å². The van der Waals surface area contributed by atoms with Crippen molar-refractivity contribution in [1.29, 1.82) is 0 Å². The molecule has 3 fully saturated rings. The Morgan fingerprint density at radius 1 is 0.707 bits per heavy atom. The van der Waals surface area contributed by atoms with Crippen LogP contribution in [-0.4, -0.2) is 31.4 Å². The van der Waals surface area contributed by atoms with Crippen LogP contribution in [0.15, 0.2) is 12.7 Å². The molecule has 0 radical (unpaired) electrons. The third-order valence-electron chi connectivity index (χ3n) is 10.6. The molecule has 0 bridgehead atoms. The first-order chi connectivity index (χ1) is 18.7. The number of ether oxygens (including phenoxy) is 1. The SMILES string of the molecule is C=CC(=O)OCCCCOP1OC2C(CC(C(C)(C)C)CC2C(C)(C)C)C2CC(C(C)(C)C)CC(C(C)(C)C)C2O1. The van der Waals surface area contributed by atoms with Gasteiger partial charge in [-0.25, -0.2) is 4.79 Å². The number of rotatable bonds is 7. The Labute approximate surface area is 254 Å². The van der Waals surface area contributed by atoms with Crippen LogP contribution in [-0.2, 0) is 23.1 Å². The van der Waals surface area contributed by atoms with E-state index in [1.54, 1.807) is 0 Å². The summed E-state index contributed by atoms with van der Waals surface area (Å²) in [5.41, 5.74) is 0.776. The molecular weight excluding hydrogens is 531 g/mol. The molecule has 5 nitrogen and oxygen atoms in total. The van der Waals surface area contributed by atoms with Crippen LogP contribution in [0.3, 0.4) is 0 Å². The van der Waals surface area contributed by atoms with E-state index in [4.69, 9.17) is 18.3 Å². The zero-order chi connectivity index (χ0) is 31.0. The van der Waals surface area contributed by atoms with Gasteiger partial charge in [-0.1, -0.05) is 89.7 Å². The van der Waals surface area contributed by atoms with E-state index < -0.39 is 8.60 Å². The van der Waals surface area contributed by atoms with Crippen LogP contribution in [0, 0.1) is 57.2 Å². The number of esters is 1. The standard InChI is InChI=1S/C35H63O5P/c1-14-29(36)37-17-15-16-18-38-41-39-30-25(19-23(32(2,3)4)21-27(30)34(8,9)10)26-20-24(33(5,6)7)22-28(31(26)40-41)35(11,12)13/h14,23-28,30-31H,1,15-22H2,2-13H3. The fourth-order valence-corrected chi connectivity index (χ4v) is 9.16. The predicted molar refractivity (Wildman–Crippen MR) is 170 cm³/mol. The first kappa shape index (κ1) is 35.0. The summed E-state index contributed by atoms with van der Waals surface area (Å²) in [6.45, 7) is 33.4. The van der Waals surface area contributed by atoms with Crippen LogP contribution in [0.2, 0.25) is 0 Å². The Kier molecular flexibility index (Phi) is 11.3. The molecule has 1 saturated heterocycles. The van der Waals surface area contributed by atoms with Crippen molar-refractivity contribution in [3.8, 4) is 0 Å². The molecule has 0 aromatic carbocycles. The smallest absolute Gasteiger partial charge is 0.333 e. The van der Waals surface area contributed by atoms with Crippen LogP contribution in [0.25, 0.3) is 0 Å². The zero-order valence-electron chi connectivity index (χ0n) is 28.5.